The first-order valence-corrected chi connectivity index (χ1v) is 5.74. The highest BCUT2D eigenvalue weighted by Crippen LogP contribution is 2.06. The highest BCUT2D eigenvalue weighted by molar-refractivity contribution is 5.85. The van der Waals surface area contributed by atoms with Crippen LogP contribution in [0.15, 0.2) is 0 Å². The fraction of sp³-hybridized carbons (Fsp3) is 0.833. The molecule has 0 unspecified atom stereocenters. The first kappa shape index (κ1) is 15.9. The Bertz CT molecular complexity index is 287. The summed E-state index contributed by atoms with van der Waals surface area (Å²) in [6.45, 7) is 9.33. The minimum atomic E-state index is -0.550. The smallest absolute Gasteiger partial charge is 0.240 e. The monoisotopic (exact) mass is 243 g/mol. The summed E-state index contributed by atoms with van der Waals surface area (Å²) in [6, 6.07) is 0. The first-order valence-electron chi connectivity index (χ1n) is 5.74. The molecular formula is C12H25N3O2. The van der Waals surface area contributed by atoms with Gasteiger partial charge in [-0.3, -0.25) is 9.59 Å². The molecule has 17 heavy (non-hydrogen) atoms. The van der Waals surface area contributed by atoms with Gasteiger partial charge >= 0.3 is 0 Å². The van der Waals surface area contributed by atoms with Crippen molar-refractivity contribution >= 4 is 11.8 Å². The molecule has 0 aromatic carbocycles. The zero-order valence-electron chi connectivity index (χ0n) is 11.8. The number of nitrogens with one attached hydrogen (secondary N) is 1. The van der Waals surface area contributed by atoms with Crippen LogP contribution in [0, 0.1) is 0 Å². The number of nitrogens with zero attached hydrogens (tertiary/aromatic N) is 1. The van der Waals surface area contributed by atoms with Crippen LogP contribution in [-0.4, -0.2) is 41.4 Å². The molecule has 0 saturated heterocycles. The zero-order chi connectivity index (χ0) is 13.9. The third-order valence-electron chi connectivity index (χ3n) is 1.93. The lowest BCUT2D eigenvalue weighted by Gasteiger charge is -2.25. The van der Waals surface area contributed by atoms with E-state index < -0.39 is 5.54 Å². The number of likely N-dealkylation sites (N-methyl/N-ethyl adjacent to an activating group) is 1. The largest absolute Gasteiger partial charge is 0.350 e. The van der Waals surface area contributed by atoms with Crippen molar-refractivity contribution in [2.24, 2.45) is 5.73 Å². The van der Waals surface area contributed by atoms with Gasteiger partial charge in [0.25, 0.3) is 0 Å². The van der Waals surface area contributed by atoms with Crippen molar-refractivity contribution in [1.29, 1.82) is 0 Å². The second-order valence-electron chi connectivity index (χ2n) is 6.21. The van der Waals surface area contributed by atoms with E-state index in [-0.39, 0.29) is 30.3 Å². The van der Waals surface area contributed by atoms with E-state index in [4.69, 9.17) is 5.73 Å². The van der Waals surface area contributed by atoms with E-state index in [1.807, 2.05) is 20.8 Å². The van der Waals surface area contributed by atoms with E-state index in [1.54, 1.807) is 20.9 Å². The summed E-state index contributed by atoms with van der Waals surface area (Å²) in [5.74, 6) is -0.287. The van der Waals surface area contributed by atoms with E-state index in [1.165, 1.54) is 4.90 Å². The minimum Gasteiger partial charge on any atom is -0.350 e. The van der Waals surface area contributed by atoms with Gasteiger partial charge in [0, 0.05) is 24.5 Å². The van der Waals surface area contributed by atoms with Gasteiger partial charge in [-0.1, -0.05) is 0 Å². The Hall–Kier alpha value is -1.10. The Balaban J connectivity index is 4.22. The maximum Gasteiger partial charge on any atom is 0.240 e. The molecule has 0 rings (SSSR count). The summed E-state index contributed by atoms with van der Waals surface area (Å²) in [5.41, 5.74) is 4.93. The predicted octanol–water partition coefficient (Wildman–Crippen LogP) is 0.487. The van der Waals surface area contributed by atoms with Crippen molar-refractivity contribution in [2.45, 2.75) is 52.1 Å². The van der Waals surface area contributed by atoms with Gasteiger partial charge in [0.05, 0.1) is 6.54 Å². The fourth-order valence-corrected chi connectivity index (χ4v) is 1.29. The summed E-state index contributed by atoms with van der Waals surface area (Å²) in [4.78, 5) is 24.7. The second kappa shape index (κ2) is 5.49. The number of nitrogens with two attached hydrogens (primary N) is 1. The van der Waals surface area contributed by atoms with Gasteiger partial charge in [0.1, 0.15) is 0 Å². The van der Waals surface area contributed by atoms with Crippen molar-refractivity contribution in [1.82, 2.24) is 10.2 Å². The molecule has 0 aromatic rings. The van der Waals surface area contributed by atoms with Crippen molar-refractivity contribution in [3.63, 3.8) is 0 Å². The lowest BCUT2D eigenvalue weighted by molar-refractivity contribution is -0.136. The molecule has 3 N–H and O–H groups in total. The van der Waals surface area contributed by atoms with Gasteiger partial charge in [-0.15, -0.1) is 0 Å². The maximum absolute atomic E-state index is 11.7. The van der Waals surface area contributed by atoms with Crippen molar-refractivity contribution < 1.29 is 9.59 Å². The van der Waals surface area contributed by atoms with Gasteiger partial charge < -0.3 is 16.0 Å². The van der Waals surface area contributed by atoms with Crippen LogP contribution < -0.4 is 11.1 Å². The van der Waals surface area contributed by atoms with Crippen molar-refractivity contribution in [3.8, 4) is 0 Å². The van der Waals surface area contributed by atoms with Crippen LogP contribution in [0.5, 0.6) is 0 Å². The normalized spacial score (nSPS) is 12.2. The summed E-state index contributed by atoms with van der Waals surface area (Å²) >= 11 is 0. The molecule has 0 aliphatic carbocycles. The molecule has 5 heteroatoms. The Morgan fingerprint density at radius 3 is 2.00 bits per heavy atom. The average molecular weight is 243 g/mol. The van der Waals surface area contributed by atoms with Gasteiger partial charge in [-0.2, -0.15) is 0 Å². The van der Waals surface area contributed by atoms with Crippen LogP contribution in [-0.2, 0) is 9.59 Å². The van der Waals surface area contributed by atoms with E-state index in [0.29, 0.717) is 0 Å². The summed E-state index contributed by atoms with van der Waals surface area (Å²) < 4.78 is 0. The lowest BCUT2D eigenvalue weighted by atomic mass is 10.0. The van der Waals surface area contributed by atoms with Gasteiger partial charge in [0.15, 0.2) is 0 Å². The molecule has 0 saturated carbocycles. The number of carbonyl (C=O) groups excluding carboxylic acids is 2. The molecule has 0 fully saturated rings. The van der Waals surface area contributed by atoms with Crippen LogP contribution in [0.3, 0.4) is 0 Å². The van der Waals surface area contributed by atoms with Gasteiger partial charge in [-0.05, 0) is 34.6 Å². The molecule has 0 atom stereocenters. The summed E-state index contributed by atoms with van der Waals surface area (Å²) in [6.07, 6.45) is 0.228. The molecule has 2 amide bonds. The quantitative estimate of drug-likeness (QED) is 0.754. The predicted molar refractivity (Wildman–Crippen MR) is 68.4 cm³/mol. The van der Waals surface area contributed by atoms with Crippen LogP contribution in [0.4, 0.5) is 0 Å². The Morgan fingerprint density at radius 2 is 1.65 bits per heavy atom. The molecule has 0 aromatic heterocycles. The maximum atomic E-state index is 11.7. The van der Waals surface area contributed by atoms with Gasteiger partial charge in [-0.25, -0.2) is 0 Å². The number of carbonyl (C=O) groups is 2. The fourth-order valence-electron chi connectivity index (χ4n) is 1.29. The van der Waals surface area contributed by atoms with Crippen LogP contribution in [0.1, 0.15) is 41.0 Å². The lowest BCUT2D eigenvalue weighted by Crippen LogP contribution is -2.47. The number of amides is 2. The van der Waals surface area contributed by atoms with Crippen LogP contribution in [0.25, 0.3) is 0 Å². The number of hydrogen-bond donors (Lipinski definition) is 2. The first-order chi connectivity index (χ1) is 7.41. The molecule has 0 aliphatic rings. The van der Waals surface area contributed by atoms with E-state index >= 15 is 0 Å². The minimum absolute atomic E-state index is 0.0617. The Morgan fingerprint density at radius 1 is 1.18 bits per heavy atom. The van der Waals surface area contributed by atoms with Gasteiger partial charge in [0.2, 0.25) is 11.8 Å². The van der Waals surface area contributed by atoms with E-state index in [9.17, 15) is 9.59 Å². The third-order valence-corrected chi connectivity index (χ3v) is 1.93. The third kappa shape index (κ3) is 8.68. The molecular weight excluding hydrogens is 218 g/mol. The molecule has 0 aliphatic heterocycles. The van der Waals surface area contributed by atoms with Crippen LogP contribution in [0.2, 0.25) is 0 Å². The molecule has 0 spiro atoms. The Labute approximate surface area is 104 Å². The van der Waals surface area contributed by atoms with Crippen molar-refractivity contribution in [2.75, 3.05) is 13.6 Å². The molecule has 5 nitrogen and oxygen atoms in total. The highest BCUT2D eigenvalue weighted by atomic mass is 16.2. The molecule has 100 valence electrons. The van der Waals surface area contributed by atoms with E-state index in [0.717, 1.165) is 0 Å². The Kier molecular flexibility index (Phi) is 5.13. The topological polar surface area (TPSA) is 75.4 Å². The van der Waals surface area contributed by atoms with Crippen LogP contribution >= 0.6 is 0 Å². The molecule has 0 bridgehead atoms. The number of hydrogen-bond acceptors (Lipinski definition) is 3. The summed E-state index contributed by atoms with van der Waals surface area (Å²) in [5, 5.41) is 2.80. The second-order valence-corrected chi connectivity index (χ2v) is 6.21. The SMILES string of the molecule is CN(CC(=O)NC(C)(C)C)C(=O)CC(C)(C)N. The van der Waals surface area contributed by atoms with Crippen molar-refractivity contribution in [3.05, 3.63) is 0 Å². The number of rotatable bonds is 4. The highest BCUT2D eigenvalue weighted by Gasteiger charge is 2.22. The molecule has 0 radical (unpaired) electrons. The summed E-state index contributed by atoms with van der Waals surface area (Å²) in [7, 11) is 1.61. The molecule has 0 heterocycles. The standard InChI is InChI=1S/C12H25N3O2/c1-11(2,3)14-9(16)8-15(6)10(17)7-12(4,5)13/h7-8,13H2,1-6H3,(H,14,16). The average Bonchev–Trinajstić information content (AvgIpc) is 1.95. The van der Waals surface area contributed by atoms with E-state index in [2.05, 4.69) is 5.32 Å². The zero-order valence-corrected chi connectivity index (χ0v) is 11.8.